The van der Waals surface area contributed by atoms with Crippen LogP contribution in [0.4, 0.5) is 13.2 Å². The van der Waals surface area contributed by atoms with E-state index < -0.39 is 17.4 Å². The second-order valence-corrected chi connectivity index (χ2v) is 8.47. The number of aryl methyl sites for hydroxylation is 1. The summed E-state index contributed by atoms with van der Waals surface area (Å²) in [5.74, 6) is -0.0477. The van der Waals surface area contributed by atoms with Crippen molar-refractivity contribution in [2.75, 3.05) is 0 Å². The Bertz CT molecular complexity index is 1380. The molecule has 0 fully saturated rings. The summed E-state index contributed by atoms with van der Waals surface area (Å²) in [6.45, 7) is 2.00. The first kappa shape index (κ1) is 24.1. The fourth-order valence-corrected chi connectivity index (χ4v) is 4.08. The highest BCUT2D eigenvalue weighted by atomic mass is 32.1. The van der Waals surface area contributed by atoms with Crippen LogP contribution in [0.2, 0.25) is 0 Å². The van der Waals surface area contributed by atoms with Gasteiger partial charge in [-0.15, -0.1) is 0 Å². The number of carbonyl (C=O) groups is 1. The molecule has 35 heavy (non-hydrogen) atoms. The van der Waals surface area contributed by atoms with Gasteiger partial charge in [-0.3, -0.25) is 19.1 Å². The minimum absolute atomic E-state index is 0.0588. The van der Waals surface area contributed by atoms with Gasteiger partial charge in [0.25, 0.3) is 11.5 Å². The molecule has 0 unspecified atom stereocenters. The van der Waals surface area contributed by atoms with Gasteiger partial charge in [-0.1, -0.05) is 47.7 Å². The first-order chi connectivity index (χ1) is 16.7. The Morgan fingerprint density at radius 2 is 1.89 bits per heavy atom. The summed E-state index contributed by atoms with van der Waals surface area (Å²) in [5, 5.41) is 3.17. The van der Waals surface area contributed by atoms with Gasteiger partial charge >= 0.3 is 6.18 Å². The van der Waals surface area contributed by atoms with Crippen molar-refractivity contribution in [3.05, 3.63) is 105 Å². The topological polar surface area (TPSA) is 86.1 Å². The van der Waals surface area contributed by atoms with Gasteiger partial charge < -0.3 is 10.1 Å². The molecule has 0 aliphatic heterocycles. The maximum absolute atomic E-state index is 12.6. The zero-order valence-corrected chi connectivity index (χ0v) is 19.2. The lowest BCUT2D eigenvalue weighted by Gasteiger charge is -2.09. The third-order valence-corrected chi connectivity index (χ3v) is 6.06. The number of alkyl halides is 3. The number of nitrogens with zero attached hydrogens (tertiary/aromatic N) is 3. The summed E-state index contributed by atoms with van der Waals surface area (Å²) in [6.07, 6.45) is -1.97. The second-order valence-electron chi connectivity index (χ2n) is 7.49. The van der Waals surface area contributed by atoms with E-state index in [0.29, 0.717) is 27.8 Å². The average Bonchev–Trinajstić information content (AvgIpc) is 3.23. The molecule has 180 valence electrons. The Balaban J connectivity index is 1.42. The summed E-state index contributed by atoms with van der Waals surface area (Å²) < 4.78 is 44.6. The first-order valence-corrected chi connectivity index (χ1v) is 11.2. The third kappa shape index (κ3) is 5.93. The largest absolute Gasteiger partial charge is 0.489 e. The van der Waals surface area contributed by atoms with Crippen LogP contribution in [-0.4, -0.2) is 20.4 Å². The van der Waals surface area contributed by atoms with Crippen LogP contribution >= 0.6 is 11.3 Å². The van der Waals surface area contributed by atoms with E-state index in [0.717, 1.165) is 29.2 Å². The second kappa shape index (κ2) is 10.1. The summed E-state index contributed by atoms with van der Waals surface area (Å²) >= 11 is 1.09. The van der Waals surface area contributed by atoms with E-state index >= 15 is 0 Å². The predicted octanol–water partition coefficient (Wildman–Crippen LogP) is 4.53. The number of amides is 1. The Hall–Kier alpha value is -3.99. The molecule has 3 heterocycles. The molecule has 7 nitrogen and oxygen atoms in total. The molecular formula is C24H19F3N4O3S. The van der Waals surface area contributed by atoms with Gasteiger partial charge in [0.05, 0.1) is 5.69 Å². The SMILES string of the molecule is Cc1nc(-n2ccc(OCc3ccc(C(F)(F)F)nc3)cc2=O)sc1C(=O)NCc1ccccc1. The number of carbonyl (C=O) groups excluding carboxylic acids is 1. The number of hydrogen-bond donors (Lipinski definition) is 1. The van der Waals surface area contributed by atoms with Crippen molar-refractivity contribution >= 4 is 17.2 Å². The highest BCUT2D eigenvalue weighted by Crippen LogP contribution is 2.27. The van der Waals surface area contributed by atoms with Crippen LogP contribution in [0, 0.1) is 6.92 Å². The number of aromatic nitrogens is 3. The molecule has 0 spiro atoms. The zero-order valence-electron chi connectivity index (χ0n) is 18.4. The number of thiazole rings is 1. The van der Waals surface area contributed by atoms with Crippen LogP contribution in [0.15, 0.2) is 71.8 Å². The van der Waals surface area contributed by atoms with Gasteiger partial charge in [-0.05, 0) is 24.6 Å². The number of benzene rings is 1. The van der Waals surface area contributed by atoms with Crippen molar-refractivity contribution in [1.82, 2.24) is 19.9 Å². The summed E-state index contributed by atoms with van der Waals surface area (Å²) in [6, 6.07) is 14.4. The smallest absolute Gasteiger partial charge is 0.433 e. The van der Waals surface area contributed by atoms with E-state index in [1.165, 1.54) is 29.0 Å². The number of pyridine rings is 2. The normalized spacial score (nSPS) is 11.3. The molecule has 3 aromatic heterocycles. The number of nitrogens with one attached hydrogen (secondary N) is 1. The highest BCUT2D eigenvalue weighted by Gasteiger charge is 2.32. The molecule has 1 N–H and O–H groups in total. The quantitative estimate of drug-likeness (QED) is 0.403. The number of rotatable bonds is 7. The Kier molecular flexibility index (Phi) is 6.97. The molecule has 0 bridgehead atoms. The third-order valence-electron chi connectivity index (χ3n) is 4.91. The summed E-state index contributed by atoms with van der Waals surface area (Å²) in [7, 11) is 0. The monoisotopic (exact) mass is 500 g/mol. The molecule has 4 aromatic rings. The predicted molar refractivity (Wildman–Crippen MR) is 124 cm³/mol. The van der Waals surface area contributed by atoms with Crippen LogP contribution in [0.1, 0.15) is 32.2 Å². The molecule has 1 aromatic carbocycles. The van der Waals surface area contributed by atoms with Crippen LogP contribution in [0.5, 0.6) is 5.75 Å². The maximum atomic E-state index is 12.6. The molecule has 0 aliphatic rings. The molecule has 11 heteroatoms. The molecule has 1 amide bonds. The van der Waals surface area contributed by atoms with Gasteiger partial charge in [0.1, 0.15) is 22.9 Å². The molecule has 0 atom stereocenters. The van der Waals surface area contributed by atoms with Crippen LogP contribution in [-0.2, 0) is 19.3 Å². The summed E-state index contributed by atoms with van der Waals surface area (Å²) in [5.41, 5.74) is 0.456. The van der Waals surface area contributed by atoms with Crippen molar-refractivity contribution in [2.24, 2.45) is 0 Å². The lowest BCUT2D eigenvalue weighted by atomic mass is 10.2. The molecular weight excluding hydrogens is 481 g/mol. The van der Waals surface area contributed by atoms with Crippen LogP contribution in [0.3, 0.4) is 0 Å². The van der Waals surface area contributed by atoms with E-state index in [2.05, 4.69) is 15.3 Å². The minimum atomic E-state index is -4.51. The van der Waals surface area contributed by atoms with E-state index in [1.54, 1.807) is 6.92 Å². The molecule has 0 radical (unpaired) electrons. The van der Waals surface area contributed by atoms with Crippen LogP contribution < -0.4 is 15.6 Å². The van der Waals surface area contributed by atoms with Crippen molar-refractivity contribution in [3.63, 3.8) is 0 Å². The molecule has 0 saturated carbocycles. The fourth-order valence-electron chi connectivity index (χ4n) is 3.11. The van der Waals surface area contributed by atoms with Crippen molar-refractivity contribution in [3.8, 4) is 10.9 Å². The fraction of sp³-hybridized carbons (Fsp3) is 0.167. The lowest BCUT2D eigenvalue weighted by molar-refractivity contribution is -0.141. The van der Waals surface area contributed by atoms with Gasteiger partial charge in [-0.2, -0.15) is 13.2 Å². The Morgan fingerprint density at radius 3 is 2.54 bits per heavy atom. The van der Waals surface area contributed by atoms with E-state index in [-0.39, 0.29) is 18.3 Å². The van der Waals surface area contributed by atoms with Gasteiger partial charge in [-0.25, -0.2) is 4.98 Å². The highest BCUT2D eigenvalue weighted by molar-refractivity contribution is 7.16. The first-order valence-electron chi connectivity index (χ1n) is 10.4. The molecule has 4 rings (SSSR count). The van der Waals surface area contributed by atoms with Crippen LogP contribution in [0.25, 0.3) is 5.13 Å². The molecule has 0 saturated heterocycles. The van der Waals surface area contributed by atoms with E-state index in [9.17, 15) is 22.8 Å². The Labute approximate surface area is 201 Å². The molecule has 0 aliphatic carbocycles. The number of ether oxygens (including phenoxy) is 1. The number of halogens is 3. The Morgan fingerprint density at radius 1 is 1.11 bits per heavy atom. The van der Waals surface area contributed by atoms with Gasteiger partial charge in [0.15, 0.2) is 5.13 Å². The maximum Gasteiger partial charge on any atom is 0.433 e. The van der Waals surface area contributed by atoms with E-state index in [4.69, 9.17) is 4.74 Å². The zero-order chi connectivity index (χ0) is 25.0. The summed E-state index contributed by atoms with van der Waals surface area (Å²) in [4.78, 5) is 33.4. The lowest BCUT2D eigenvalue weighted by Crippen LogP contribution is -2.22. The number of hydrogen-bond acceptors (Lipinski definition) is 6. The van der Waals surface area contributed by atoms with Gasteiger partial charge in [0.2, 0.25) is 0 Å². The minimum Gasteiger partial charge on any atom is -0.489 e. The van der Waals surface area contributed by atoms with E-state index in [1.807, 2.05) is 30.3 Å². The van der Waals surface area contributed by atoms with Crippen molar-refractivity contribution in [2.45, 2.75) is 26.3 Å². The van der Waals surface area contributed by atoms with Crippen molar-refractivity contribution in [1.29, 1.82) is 0 Å². The van der Waals surface area contributed by atoms with Gasteiger partial charge in [0, 0.05) is 30.6 Å². The standard InChI is InChI=1S/C24H19F3N4O3S/c1-15-21(22(33)29-12-16-5-3-2-4-6-16)35-23(30-15)31-10-9-18(11-20(31)32)34-14-17-7-8-19(28-13-17)24(25,26)27/h2-11,13H,12,14H2,1H3,(H,29,33). The van der Waals surface area contributed by atoms with Crippen molar-refractivity contribution < 1.29 is 22.7 Å². The average molecular weight is 501 g/mol.